The second-order valence-electron chi connectivity index (χ2n) is 5.63. The number of quaternary nitrogens is 1. The molecule has 20 heavy (non-hydrogen) atoms. The summed E-state index contributed by atoms with van der Waals surface area (Å²) in [6.07, 6.45) is 2.86. The predicted molar refractivity (Wildman–Crippen MR) is 83.1 cm³/mol. The van der Waals surface area contributed by atoms with Crippen LogP contribution in [-0.2, 0) is 0 Å². The van der Waals surface area contributed by atoms with Gasteiger partial charge in [-0.15, -0.1) is 0 Å². The van der Waals surface area contributed by atoms with Crippen LogP contribution >= 0.6 is 27.5 Å². The molecule has 0 saturated heterocycles. The minimum Gasteiger partial charge on any atom is -0.435 e. The van der Waals surface area contributed by atoms with E-state index in [-0.39, 0.29) is 10.6 Å². The van der Waals surface area contributed by atoms with Crippen molar-refractivity contribution >= 4 is 51.7 Å². The lowest BCUT2D eigenvalue weighted by Crippen LogP contribution is -2.60. The van der Waals surface area contributed by atoms with Gasteiger partial charge >= 0.3 is 6.09 Å². The van der Waals surface area contributed by atoms with Gasteiger partial charge in [0.05, 0.1) is 10.6 Å². The van der Waals surface area contributed by atoms with E-state index in [9.17, 15) is 14.7 Å². The number of carbonyl (C=O) groups is 2. The molecule has 1 N–H and O–H groups in total. The van der Waals surface area contributed by atoms with E-state index >= 15 is 0 Å². The molecule has 1 amide bonds. The van der Waals surface area contributed by atoms with Crippen LogP contribution in [0.25, 0.3) is 6.08 Å². The second kappa shape index (κ2) is 4.69. The Hall–Kier alpha value is -1.17. The Morgan fingerprint density at radius 3 is 2.50 bits per heavy atom. The van der Waals surface area contributed by atoms with Gasteiger partial charge in [0.2, 0.25) is 0 Å². The zero-order valence-corrected chi connectivity index (χ0v) is 13.6. The maximum absolute atomic E-state index is 11.9. The number of rotatable bonds is 1. The molecule has 1 unspecified atom stereocenters. The molecule has 1 aliphatic heterocycles. The van der Waals surface area contributed by atoms with Gasteiger partial charge in [-0.25, -0.2) is 0 Å². The van der Waals surface area contributed by atoms with Crippen LogP contribution < -0.4 is 4.48 Å². The van der Waals surface area contributed by atoms with Gasteiger partial charge in [-0.3, -0.25) is 4.79 Å². The summed E-state index contributed by atoms with van der Waals surface area (Å²) in [6.45, 7) is 5.43. The summed E-state index contributed by atoms with van der Waals surface area (Å²) >= 11 is 9.44. The molecule has 1 atom stereocenters. The highest BCUT2D eigenvalue weighted by Gasteiger charge is 2.54. The smallest absolute Gasteiger partial charge is 0.435 e. The molecule has 1 aliphatic rings. The number of hydrogen-bond donors (Lipinski definition) is 1. The number of benzene rings is 1. The normalized spacial score (nSPS) is 20.9. The third-order valence-electron chi connectivity index (χ3n) is 3.57. The van der Waals surface area contributed by atoms with E-state index in [0.29, 0.717) is 22.0 Å². The van der Waals surface area contributed by atoms with Crippen molar-refractivity contribution in [1.82, 2.24) is 4.48 Å². The summed E-state index contributed by atoms with van der Waals surface area (Å²) < 4.78 is 0.118. The van der Waals surface area contributed by atoms with E-state index in [1.54, 1.807) is 18.3 Å². The van der Waals surface area contributed by atoms with Crippen LogP contribution in [0.3, 0.4) is 0 Å². The highest BCUT2D eigenvalue weighted by molar-refractivity contribution is 9.10. The molecule has 0 bridgehead atoms. The number of amides is 1. The number of halogens is 2. The van der Waals surface area contributed by atoms with Crippen molar-refractivity contribution < 1.29 is 14.7 Å². The average molecular weight is 360 g/mol. The van der Waals surface area contributed by atoms with E-state index in [1.807, 2.05) is 20.8 Å². The summed E-state index contributed by atoms with van der Waals surface area (Å²) in [7, 11) is 0. The molecule has 1 heterocycles. The number of fused-ring (bicyclic) bond motifs is 1. The van der Waals surface area contributed by atoms with Crippen LogP contribution in [0.2, 0.25) is 5.02 Å². The molecule has 0 aliphatic carbocycles. The molecule has 106 valence electrons. The first-order chi connectivity index (χ1) is 9.16. The molecule has 0 saturated carbocycles. The maximum atomic E-state index is 11.9. The van der Waals surface area contributed by atoms with E-state index in [2.05, 4.69) is 15.9 Å². The standard InChI is InChI=1S/C14H13BrClNO3/c1-14(2,3)17(13(19)20)5-4-8-6-10(15)11(16)9(7-18)12(8)17/h4-7H,1-3H3/p+1. The van der Waals surface area contributed by atoms with Crippen molar-refractivity contribution in [2.45, 2.75) is 26.3 Å². The number of carbonyl (C=O) groups excluding carboxylic acids is 1. The van der Waals surface area contributed by atoms with Gasteiger partial charge in [0, 0.05) is 16.1 Å². The molecule has 0 aromatic heterocycles. The monoisotopic (exact) mass is 358 g/mol. The topological polar surface area (TPSA) is 54.4 Å². The molecule has 4 nitrogen and oxygen atoms in total. The predicted octanol–water partition coefficient (Wildman–Crippen LogP) is 4.68. The van der Waals surface area contributed by atoms with E-state index in [1.165, 1.54) is 0 Å². The molecule has 0 spiro atoms. The van der Waals surface area contributed by atoms with Crippen molar-refractivity contribution in [2.24, 2.45) is 0 Å². The van der Waals surface area contributed by atoms with E-state index in [4.69, 9.17) is 11.6 Å². The molecular weight excluding hydrogens is 346 g/mol. The van der Waals surface area contributed by atoms with Gasteiger partial charge in [-0.2, -0.15) is 9.28 Å². The summed E-state index contributed by atoms with van der Waals surface area (Å²) in [6, 6.07) is 1.73. The Bertz CT molecular complexity index is 649. The SMILES string of the molecule is CC(C)(C)[N+]1(C(=O)O)C=Cc2cc(Br)c(Cl)c(C=O)c21. The first kappa shape index (κ1) is 15.2. The van der Waals surface area contributed by atoms with Crippen molar-refractivity contribution in [3.05, 3.63) is 32.9 Å². The fourth-order valence-electron chi connectivity index (χ4n) is 2.56. The van der Waals surface area contributed by atoms with Gasteiger partial charge in [0.1, 0.15) is 11.7 Å². The van der Waals surface area contributed by atoms with Crippen molar-refractivity contribution in [3.63, 3.8) is 0 Å². The number of hydrogen-bond acceptors (Lipinski definition) is 2. The Morgan fingerprint density at radius 1 is 1.45 bits per heavy atom. The Labute approximate surface area is 130 Å². The molecule has 0 radical (unpaired) electrons. The van der Waals surface area contributed by atoms with Crippen molar-refractivity contribution in [3.8, 4) is 0 Å². The molecule has 6 heteroatoms. The minimum atomic E-state index is -1.05. The zero-order valence-electron chi connectivity index (χ0n) is 11.3. The van der Waals surface area contributed by atoms with Gasteiger partial charge in [-0.1, -0.05) is 11.6 Å². The Balaban J connectivity index is 2.93. The van der Waals surface area contributed by atoms with Gasteiger partial charge < -0.3 is 5.11 Å². The zero-order chi connectivity index (χ0) is 15.3. The first-order valence-corrected chi connectivity index (χ1v) is 7.13. The van der Waals surface area contributed by atoms with Crippen LogP contribution in [-0.4, -0.2) is 23.0 Å². The van der Waals surface area contributed by atoms with Crippen LogP contribution in [0.15, 0.2) is 16.7 Å². The van der Waals surface area contributed by atoms with Gasteiger partial charge in [-0.05, 0) is 42.8 Å². The summed E-state index contributed by atoms with van der Waals surface area (Å²) in [5, 5.41) is 10.0. The lowest BCUT2D eigenvalue weighted by Gasteiger charge is -2.38. The highest BCUT2D eigenvalue weighted by atomic mass is 79.9. The van der Waals surface area contributed by atoms with Crippen LogP contribution in [0.5, 0.6) is 0 Å². The molecule has 1 aromatic rings. The largest absolute Gasteiger partial charge is 0.523 e. The quantitative estimate of drug-likeness (QED) is 0.585. The van der Waals surface area contributed by atoms with Gasteiger partial charge in [0.15, 0.2) is 12.0 Å². The van der Waals surface area contributed by atoms with Gasteiger partial charge in [0.25, 0.3) is 0 Å². The molecule has 1 aromatic carbocycles. The highest BCUT2D eigenvalue weighted by Crippen LogP contribution is 2.48. The van der Waals surface area contributed by atoms with Crippen molar-refractivity contribution in [2.75, 3.05) is 0 Å². The fourth-order valence-corrected chi connectivity index (χ4v) is 3.21. The summed E-state index contributed by atoms with van der Waals surface area (Å²) in [5.41, 5.74) is 0.634. The second-order valence-corrected chi connectivity index (χ2v) is 6.87. The molecular formula is C14H14BrClNO3+. The van der Waals surface area contributed by atoms with Crippen LogP contribution in [0.4, 0.5) is 10.5 Å². The number of aldehydes is 1. The van der Waals surface area contributed by atoms with E-state index in [0.717, 1.165) is 0 Å². The van der Waals surface area contributed by atoms with Crippen LogP contribution in [0.1, 0.15) is 36.7 Å². The molecule has 0 fully saturated rings. The average Bonchev–Trinajstić information content (AvgIpc) is 2.70. The van der Waals surface area contributed by atoms with Crippen molar-refractivity contribution in [1.29, 1.82) is 0 Å². The number of carboxylic acid groups (broad SMARTS) is 1. The summed E-state index contributed by atoms with van der Waals surface area (Å²) in [5.74, 6) is 0. The van der Waals surface area contributed by atoms with Crippen LogP contribution in [0, 0.1) is 0 Å². The third kappa shape index (κ3) is 1.84. The maximum Gasteiger partial charge on any atom is 0.523 e. The lowest BCUT2D eigenvalue weighted by molar-refractivity contribution is 0.111. The minimum absolute atomic E-state index is 0.207. The third-order valence-corrected chi connectivity index (χ3v) is 4.83. The van der Waals surface area contributed by atoms with E-state index < -0.39 is 16.1 Å². The molecule has 2 rings (SSSR count). The Kier molecular flexibility index (Phi) is 3.57. The Morgan fingerprint density at radius 2 is 2.05 bits per heavy atom. The lowest BCUT2D eigenvalue weighted by atomic mass is 9.99. The summed E-state index contributed by atoms with van der Waals surface area (Å²) in [4.78, 5) is 23.4. The number of nitrogens with zero attached hydrogens (tertiary/aromatic N) is 1. The fraction of sp³-hybridized carbons (Fsp3) is 0.286. The first-order valence-electron chi connectivity index (χ1n) is 5.96.